The van der Waals surface area contributed by atoms with Crippen LogP contribution in [0.2, 0.25) is 0 Å². The minimum atomic E-state index is -3.33. The Hall–Kier alpha value is -0.660. The highest BCUT2D eigenvalue weighted by Crippen LogP contribution is 2.05. The number of rotatable bonds is 9. The first-order valence-corrected chi connectivity index (χ1v) is 8.34. The zero-order valence-corrected chi connectivity index (χ0v) is 13.5. The Balaban J connectivity index is 4.28. The second-order valence-electron chi connectivity index (χ2n) is 5.43. The van der Waals surface area contributed by atoms with Crippen molar-refractivity contribution in [3.8, 4) is 0 Å². The van der Waals surface area contributed by atoms with E-state index >= 15 is 0 Å². The molecule has 0 aliphatic rings. The average Bonchev–Trinajstić information content (AvgIpc) is 2.21. The molecule has 1 amide bonds. The standard InChI is InChI=1S/C12H27N3O3S/c1-11(2)6-8-15(19(5,17)18)10-12(16)13-7-9-14(3)4/h11H,6-10H2,1-5H3,(H,13,16). The van der Waals surface area contributed by atoms with Gasteiger partial charge < -0.3 is 10.2 Å². The summed E-state index contributed by atoms with van der Waals surface area (Å²) in [7, 11) is 0.494. The monoisotopic (exact) mass is 293 g/mol. The molecule has 114 valence electrons. The lowest BCUT2D eigenvalue weighted by Crippen LogP contribution is -2.42. The SMILES string of the molecule is CC(C)CCN(CC(=O)NCCN(C)C)S(C)(=O)=O. The number of carbonyl (C=O) groups is 1. The van der Waals surface area contributed by atoms with Crippen LogP contribution < -0.4 is 5.32 Å². The van der Waals surface area contributed by atoms with Crippen LogP contribution in [-0.4, -0.2) is 70.1 Å². The van der Waals surface area contributed by atoms with E-state index in [9.17, 15) is 13.2 Å². The van der Waals surface area contributed by atoms with Gasteiger partial charge in [-0.3, -0.25) is 4.79 Å². The van der Waals surface area contributed by atoms with E-state index in [4.69, 9.17) is 0 Å². The largest absolute Gasteiger partial charge is 0.354 e. The van der Waals surface area contributed by atoms with Crippen molar-refractivity contribution in [3.63, 3.8) is 0 Å². The number of nitrogens with zero attached hydrogens (tertiary/aromatic N) is 2. The Morgan fingerprint density at radius 3 is 2.21 bits per heavy atom. The van der Waals surface area contributed by atoms with Gasteiger partial charge in [-0.1, -0.05) is 13.8 Å². The van der Waals surface area contributed by atoms with Gasteiger partial charge in [0.2, 0.25) is 15.9 Å². The van der Waals surface area contributed by atoms with E-state index in [0.717, 1.165) is 19.2 Å². The molecule has 0 fully saturated rings. The maximum absolute atomic E-state index is 11.7. The van der Waals surface area contributed by atoms with Crippen molar-refractivity contribution < 1.29 is 13.2 Å². The first-order chi connectivity index (χ1) is 8.62. The zero-order chi connectivity index (χ0) is 15.1. The minimum absolute atomic E-state index is 0.0982. The molecule has 7 heteroatoms. The molecule has 0 atom stereocenters. The minimum Gasteiger partial charge on any atom is -0.354 e. The second kappa shape index (κ2) is 8.50. The van der Waals surface area contributed by atoms with Gasteiger partial charge >= 0.3 is 0 Å². The number of likely N-dealkylation sites (N-methyl/N-ethyl adjacent to an activating group) is 1. The van der Waals surface area contributed by atoms with E-state index in [1.165, 1.54) is 4.31 Å². The summed E-state index contributed by atoms with van der Waals surface area (Å²) in [6, 6.07) is 0. The molecule has 0 rings (SSSR count). The van der Waals surface area contributed by atoms with E-state index in [2.05, 4.69) is 5.32 Å². The van der Waals surface area contributed by atoms with Gasteiger partial charge in [0.15, 0.2) is 0 Å². The van der Waals surface area contributed by atoms with Crippen LogP contribution in [0, 0.1) is 5.92 Å². The maximum atomic E-state index is 11.7. The highest BCUT2D eigenvalue weighted by molar-refractivity contribution is 7.88. The van der Waals surface area contributed by atoms with Crippen LogP contribution in [0.4, 0.5) is 0 Å². The van der Waals surface area contributed by atoms with Crippen molar-refractivity contribution >= 4 is 15.9 Å². The third-order valence-electron chi connectivity index (χ3n) is 2.63. The molecule has 0 saturated carbocycles. The van der Waals surface area contributed by atoms with E-state index in [1.54, 1.807) is 0 Å². The van der Waals surface area contributed by atoms with E-state index in [-0.39, 0.29) is 12.5 Å². The van der Waals surface area contributed by atoms with Crippen LogP contribution >= 0.6 is 0 Å². The Kier molecular flexibility index (Phi) is 8.20. The van der Waals surface area contributed by atoms with E-state index in [0.29, 0.717) is 19.0 Å². The van der Waals surface area contributed by atoms with Crippen LogP contribution in [0.1, 0.15) is 20.3 Å². The third kappa shape index (κ3) is 9.86. The van der Waals surface area contributed by atoms with Crippen molar-refractivity contribution in [2.45, 2.75) is 20.3 Å². The van der Waals surface area contributed by atoms with Gasteiger partial charge in [0, 0.05) is 19.6 Å². The molecule has 6 nitrogen and oxygen atoms in total. The summed E-state index contributed by atoms with van der Waals surface area (Å²) < 4.78 is 24.4. The highest BCUT2D eigenvalue weighted by atomic mass is 32.2. The smallest absolute Gasteiger partial charge is 0.235 e. The van der Waals surface area contributed by atoms with Crippen LogP contribution in [0.3, 0.4) is 0 Å². The summed E-state index contributed by atoms with van der Waals surface area (Å²) in [5, 5.41) is 2.72. The normalized spacial score (nSPS) is 12.4. The van der Waals surface area contributed by atoms with Crippen LogP contribution in [-0.2, 0) is 14.8 Å². The Morgan fingerprint density at radius 1 is 1.21 bits per heavy atom. The molecule has 0 aliphatic carbocycles. The van der Waals surface area contributed by atoms with Crippen molar-refractivity contribution in [1.29, 1.82) is 0 Å². The molecule has 1 N–H and O–H groups in total. The molecule has 0 heterocycles. The van der Waals surface area contributed by atoms with Crippen LogP contribution in [0.15, 0.2) is 0 Å². The Labute approximate surface area is 117 Å². The molecule has 0 aromatic rings. The van der Waals surface area contributed by atoms with E-state index < -0.39 is 10.0 Å². The molecule has 0 unspecified atom stereocenters. The van der Waals surface area contributed by atoms with Crippen molar-refractivity contribution in [2.75, 3.05) is 46.5 Å². The topological polar surface area (TPSA) is 69.7 Å². The van der Waals surface area contributed by atoms with E-state index in [1.807, 2.05) is 32.8 Å². The first-order valence-electron chi connectivity index (χ1n) is 6.49. The quantitative estimate of drug-likeness (QED) is 0.648. The van der Waals surface area contributed by atoms with Gasteiger partial charge in [0.25, 0.3) is 0 Å². The molecule has 0 bridgehead atoms. The average molecular weight is 293 g/mol. The number of hydrogen-bond acceptors (Lipinski definition) is 4. The van der Waals surface area contributed by atoms with Gasteiger partial charge in [-0.05, 0) is 26.4 Å². The summed E-state index contributed by atoms with van der Waals surface area (Å²) in [5.41, 5.74) is 0. The number of hydrogen-bond donors (Lipinski definition) is 1. The molecule has 0 aliphatic heterocycles. The highest BCUT2D eigenvalue weighted by Gasteiger charge is 2.19. The molecule has 0 saturated heterocycles. The molecular formula is C12H27N3O3S. The third-order valence-corrected chi connectivity index (χ3v) is 3.88. The Bertz CT molecular complexity index is 366. The van der Waals surface area contributed by atoms with Gasteiger partial charge in [-0.2, -0.15) is 4.31 Å². The van der Waals surface area contributed by atoms with Gasteiger partial charge in [0.05, 0.1) is 12.8 Å². The number of carbonyl (C=O) groups excluding carboxylic acids is 1. The summed E-state index contributed by atoms with van der Waals surface area (Å²) in [4.78, 5) is 13.6. The lowest BCUT2D eigenvalue weighted by molar-refractivity contribution is -0.121. The number of sulfonamides is 1. The molecule has 0 aromatic heterocycles. The predicted molar refractivity (Wildman–Crippen MR) is 77.4 cm³/mol. The lowest BCUT2D eigenvalue weighted by Gasteiger charge is -2.20. The number of amides is 1. The number of nitrogens with one attached hydrogen (secondary N) is 1. The fraction of sp³-hybridized carbons (Fsp3) is 0.917. The second-order valence-corrected chi connectivity index (χ2v) is 7.41. The van der Waals surface area contributed by atoms with Crippen molar-refractivity contribution in [2.24, 2.45) is 5.92 Å². The molecule has 0 spiro atoms. The molecule has 0 radical (unpaired) electrons. The van der Waals surface area contributed by atoms with Gasteiger partial charge in [-0.15, -0.1) is 0 Å². The first kappa shape index (κ1) is 18.3. The van der Waals surface area contributed by atoms with Crippen LogP contribution in [0.25, 0.3) is 0 Å². The molecular weight excluding hydrogens is 266 g/mol. The summed E-state index contributed by atoms with van der Waals surface area (Å²) >= 11 is 0. The van der Waals surface area contributed by atoms with Gasteiger partial charge in [0.1, 0.15) is 0 Å². The predicted octanol–water partition coefficient (Wildman–Crippen LogP) is -0.0281. The summed E-state index contributed by atoms with van der Waals surface area (Å²) in [6.45, 7) is 5.59. The summed E-state index contributed by atoms with van der Waals surface area (Å²) in [5.74, 6) is 0.150. The Morgan fingerprint density at radius 2 is 1.79 bits per heavy atom. The van der Waals surface area contributed by atoms with Gasteiger partial charge in [-0.25, -0.2) is 8.42 Å². The zero-order valence-electron chi connectivity index (χ0n) is 12.6. The van der Waals surface area contributed by atoms with Crippen molar-refractivity contribution in [1.82, 2.24) is 14.5 Å². The fourth-order valence-electron chi connectivity index (χ4n) is 1.40. The van der Waals surface area contributed by atoms with Crippen molar-refractivity contribution in [3.05, 3.63) is 0 Å². The maximum Gasteiger partial charge on any atom is 0.235 e. The summed E-state index contributed by atoms with van der Waals surface area (Å²) in [6.07, 6.45) is 1.89. The molecule has 19 heavy (non-hydrogen) atoms. The van der Waals surface area contributed by atoms with Crippen LogP contribution in [0.5, 0.6) is 0 Å². The fourth-order valence-corrected chi connectivity index (χ4v) is 2.19. The lowest BCUT2D eigenvalue weighted by atomic mass is 10.1. The molecule has 0 aromatic carbocycles.